The van der Waals surface area contributed by atoms with Crippen LogP contribution in [0.4, 0.5) is 5.00 Å². The standard InChI is InChI=1S/C23H29ClN6O4S2.ClH/c1-29(2)23(34)12-4-5-13(25-19(31)20(32)28-18-7-6-17(24)36-18)15(10-12)26-21(33)22-27-14-8-9-30(3)11-16(14)35-22;/h6-7,12-13,15H,4-5,8-11H2,1-3H3,(H,25,31)(H,26,33)(H,28,32);1H/t12-,13-,15+;/m0./s1. The van der Waals surface area contributed by atoms with Crippen molar-refractivity contribution in [3.05, 3.63) is 32.0 Å². The molecule has 0 radical (unpaired) electrons. The summed E-state index contributed by atoms with van der Waals surface area (Å²) in [6.07, 6.45) is 2.12. The number of likely N-dealkylation sites (N-methyl/N-ethyl adjacent to an activating group) is 1. The number of hydrogen-bond donors (Lipinski definition) is 3. The van der Waals surface area contributed by atoms with Gasteiger partial charge < -0.3 is 25.8 Å². The lowest BCUT2D eigenvalue weighted by molar-refractivity contribution is -0.137. The number of carbonyl (C=O) groups is 4. The van der Waals surface area contributed by atoms with Crippen molar-refractivity contribution in [2.24, 2.45) is 5.92 Å². The van der Waals surface area contributed by atoms with Crippen LogP contribution in [0.2, 0.25) is 4.34 Å². The van der Waals surface area contributed by atoms with Crippen LogP contribution in [-0.2, 0) is 27.3 Å². The molecule has 1 fully saturated rings. The maximum atomic E-state index is 13.2. The largest absolute Gasteiger partial charge is 0.349 e. The van der Waals surface area contributed by atoms with E-state index in [1.165, 1.54) is 16.2 Å². The molecule has 2 aliphatic rings. The topological polar surface area (TPSA) is 124 Å². The summed E-state index contributed by atoms with van der Waals surface area (Å²) < 4.78 is 0.493. The molecule has 1 aliphatic heterocycles. The number of nitrogens with one attached hydrogen (secondary N) is 3. The van der Waals surface area contributed by atoms with Gasteiger partial charge in [-0.05, 0) is 38.4 Å². The molecular weight excluding hydrogens is 559 g/mol. The molecule has 0 aromatic carbocycles. The Hall–Kier alpha value is -2.25. The van der Waals surface area contributed by atoms with Gasteiger partial charge in [-0.1, -0.05) is 11.6 Å². The molecule has 2 aromatic rings. The average molecular weight is 590 g/mol. The number of thiophene rings is 1. The summed E-state index contributed by atoms with van der Waals surface area (Å²) in [5, 5.41) is 9.10. The van der Waals surface area contributed by atoms with Crippen molar-refractivity contribution in [2.75, 3.05) is 33.0 Å². The van der Waals surface area contributed by atoms with Crippen molar-refractivity contribution >= 4 is 75.3 Å². The minimum absolute atomic E-state index is 0. The lowest BCUT2D eigenvalue weighted by Crippen LogP contribution is -2.57. The number of aromatic nitrogens is 1. The summed E-state index contributed by atoms with van der Waals surface area (Å²) in [5.74, 6) is -2.29. The predicted octanol–water partition coefficient (Wildman–Crippen LogP) is 2.38. The summed E-state index contributed by atoms with van der Waals surface area (Å²) in [5.41, 5.74) is 0.947. The molecule has 4 rings (SSSR count). The van der Waals surface area contributed by atoms with E-state index >= 15 is 0 Å². The first-order chi connectivity index (χ1) is 17.1. The zero-order valence-corrected chi connectivity index (χ0v) is 23.9. The molecule has 10 nitrogen and oxygen atoms in total. The fraction of sp³-hybridized carbons (Fsp3) is 0.522. The molecule has 14 heteroatoms. The average Bonchev–Trinajstić information content (AvgIpc) is 3.44. The molecule has 3 atom stereocenters. The zero-order valence-electron chi connectivity index (χ0n) is 20.7. The summed E-state index contributed by atoms with van der Waals surface area (Å²) in [6.45, 7) is 1.65. The number of halogens is 2. The number of carbonyl (C=O) groups excluding carboxylic acids is 4. The second-order valence-electron chi connectivity index (χ2n) is 9.34. The lowest BCUT2D eigenvalue weighted by Gasteiger charge is -2.37. The Morgan fingerprint density at radius 1 is 1.08 bits per heavy atom. The predicted molar refractivity (Wildman–Crippen MR) is 147 cm³/mol. The van der Waals surface area contributed by atoms with Gasteiger partial charge in [-0.2, -0.15) is 0 Å². The summed E-state index contributed by atoms with van der Waals surface area (Å²) in [7, 11) is 5.42. The normalized spacial score (nSPS) is 21.2. The Labute approximate surface area is 234 Å². The Morgan fingerprint density at radius 3 is 2.51 bits per heavy atom. The third-order valence-electron chi connectivity index (χ3n) is 6.41. The van der Waals surface area contributed by atoms with Crippen LogP contribution in [0.25, 0.3) is 0 Å². The number of anilines is 1. The molecule has 3 N–H and O–H groups in total. The number of fused-ring (bicyclic) bond motifs is 1. The summed E-state index contributed by atoms with van der Waals surface area (Å²) >= 11 is 8.41. The van der Waals surface area contributed by atoms with Gasteiger partial charge in [0.15, 0.2) is 5.01 Å². The maximum absolute atomic E-state index is 13.2. The molecule has 37 heavy (non-hydrogen) atoms. The lowest BCUT2D eigenvalue weighted by atomic mass is 9.81. The molecule has 2 aromatic heterocycles. The summed E-state index contributed by atoms with van der Waals surface area (Å²) in [6, 6.07) is 2.20. The van der Waals surface area contributed by atoms with Crippen molar-refractivity contribution in [2.45, 2.75) is 44.3 Å². The van der Waals surface area contributed by atoms with Crippen LogP contribution in [0.15, 0.2) is 12.1 Å². The first-order valence-corrected chi connectivity index (χ1v) is 13.7. The first kappa shape index (κ1) is 29.3. The molecular formula is C23H30Cl2N6O4S2. The number of hydrogen-bond acceptors (Lipinski definition) is 8. The molecule has 1 aliphatic carbocycles. The van der Waals surface area contributed by atoms with Crippen LogP contribution < -0.4 is 16.0 Å². The molecule has 0 spiro atoms. The number of amides is 4. The van der Waals surface area contributed by atoms with E-state index in [0.717, 1.165) is 41.4 Å². The van der Waals surface area contributed by atoms with E-state index < -0.39 is 23.9 Å². The number of rotatable bonds is 5. The smallest absolute Gasteiger partial charge is 0.314 e. The molecule has 1 saturated carbocycles. The molecule has 202 valence electrons. The summed E-state index contributed by atoms with van der Waals surface area (Å²) in [4.78, 5) is 60.2. The van der Waals surface area contributed by atoms with E-state index in [1.807, 2.05) is 7.05 Å². The third kappa shape index (κ3) is 7.20. The van der Waals surface area contributed by atoms with Crippen molar-refractivity contribution in [1.82, 2.24) is 25.4 Å². The maximum Gasteiger partial charge on any atom is 0.314 e. The van der Waals surface area contributed by atoms with Crippen molar-refractivity contribution in [3.8, 4) is 0 Å². The quantitative estimate of drug-likeness (QED) is 0.461. The van der Waals surface area contributed by atoms with Gasteiger partial charge >= 0.3 is 11.8 Å². The molecule has 0 bridgehead atoms. The zero-order chi connectivity index (χ0) is 26.0. The second kappa shape index (κ2) is 12.5. The van der Waals surface area contributed by atoms with Gasteiger partial charge in [0.2, 0.25) is 5.91 Å². The van der Waals surface area contributed by atoms with Crippen LogP contribution in [0.1, 0.15) is 39.6 Å². The number of thiazole rings is 1. The van der Waals surface area contributed by atoms with E-state index in [2.05, 4.69) is 25.8 Å². The van der Waals surface area contributed by atoms with E-state index in [1.54, 1.807) is 26.2 Å². The highest BCUT2D eigenvalue weighted by molar-refractivity contribution is 7.20. The van der Waals surface area contributed by atoms with E-state index in [-0.39, 0.29) is 30.1 Å². The molecule has 4 amide bonds. The minimum atomic E-state index is -0.818. The van der Waals surface area contributed by atoms with Crippen molar-refractivity contribution in [3.63, 3.8) is 0 Å². The Balaban J connectivity index is 0.00000380. The van der Waals surface area contributed by atoms with Crippen molar-refractivity contribution < 1.29 is 19.2 Å². The Kier molecular flexibility index (Phi) is 9.92. The van der Waals surface area contributed by atoms with Crippen LogP contribution >= 0.6 is 46.7 Å². The van der Waals surface area contributed by atoms with Crippen LogP contribution in [0, 0.1) is 5.92 Å². The van der Waals surface area contributed by atoms with E-state index in [4.69, 9.17) is 11.6 Å². The molecule has 0 saturated heterocycles. The van der Waals surface area contributed by atoms with Gasteiger partial charge in [0.25, 0.3) is 5.91 Å². The Bertz CT molecular complexity index is 1170. The fourth-order valence-electron chi connectivity index (χ4n) is 4.53. The second-order valence-corrected chi connectivity index (χ2v) is 12.1. The first-order valence-electron chi connectivity index (χ1n) is 11.7. The molecule has 3 heterocycles. The number of nitrogens with zero attached hydrogens (tertiary/aromatic N) is 3. The molecule has 0 unspecified atom stereocenters. The highest BCUT2D eigenvalue weighted by atomic mass is 35.5. The van der Waals surface area contributed by atoms with Crippen LogP contribution in [0.5, 0.6) is 0 Å². The van der Waals surface area contributed by atoms with Gasteiger partial charge in [0.1, 0.15) is 0 Å². The van der Waals surface area contributed by atoms with Gasteiger partial charge in [0.05, 0.1) is 21.1 Å². The monoisotopic (exact) mass is 588 g/mol. The van der Waals surface area contributed by atoms with Crippen LogP contribution in [-0.4, -0.2) is 78.2 Å². The van der Waals surface area contributed by atoms with E-state index in [9.17, 15) is 19.2 Å². The van der Waals surface area contributed by atoms with Gasteiger partial charge in [-0.3, -0.25) is 19.2 Å². The SMILES string of the molecule is CN1CCc2nc(C(=O)N[C@@H]3C[C@@H](C(=O)N(C)C)CC[C@@H]3NC(=O)C(=O)Nc3ccc(Cl)s3)sc2C1.Cl. The highest BCUT2D eigenvalue weighted by Gasteiger charge is 2.37. The Morgan fingerprint density at radius 2 is 1.84 bits per heavy atom. The fourth-order valence-corrected chi connectivity index (χ4v) is 6.56. The van der Waals surface area contributed by atoms with E-state index in [0.29, 0.717) is 33.6 Å². The van der Waals surface area contributed by atoms with Crippen molar-refractivity contribution in [1.29, 1.82) is 0 Å². The minimum Gasteiger partial charge on any atom is -0.349 e. The van der Waals surface area contributed by atoms with Gasteiger partial charge in [-0.25, -0.2) is 4.98 Å². The third-order valence-corrected chi connectivity index (χ3v) is 8.63. The van der Waals surface area contributed by atoms with Gasteiger partial charge in [0, 0.05) is 50.4 Å². The van der Waals surface area contributed by atoms with Crippen LogP contribution in [0.3, 0.4) is 0 Å². The van der Waals surface area contributed by atoms with Gasteiger partial charge in [-0.15, -0.1) is 35.1 Å². The highest BCUT2D eigenvalue weighted by Crippen LogP contribution is 2.29.